The number of nitrogens with zero attached hydrogens (tertiary/aromatic N) is 1. The van der Waals surface area contributed by atoms with Gasteiger partial charge in [-0.1, -0.05) is 26.2 Å². The number of hydrogen-bond donors (Lipinski definition) is 1. The van der Waals surface area contributed by atoms with E-state index in [4.69, 9.17) is 9.15 Å². The van der Waals surface area contributed by atoms with E-state index in [9.17, 15) is 14.0 Å². The smallest absolute Gasteiger partial charge is 0.351 e. The molecule has 0 saturated carbocycles. The minimum Gasteiger partial charge on any atom is -0.445 e. The van der Waals surface area contributed by atoms with E-state index in [1.807, 2.05) is 0 Å². The molecule has 0 fully saturated rings. The molecule has 2 aromatic heterocycles. The van der Waals surface area contributed by atoms with Crippen molar-refractivity contribution in [2.45, 2.75) is 39.0 Å². The first-order valence-electron chi connectivity index (χ1n) is 6.91. The lowest BCUT2D eigenvalue weighted by atomic mass is 10.0. The van der Waals surface area contributed by atoms with Crippen LogP contribution in [0.5, 0.6) is 5.88 Å². The van der Waals surface area contributed by atoms with E-state index in [1.54, 1.807) is 0 Å². The molecule has 0 bridgehead atoms. The number of aromatic amines is 1. The van der Waals surface area contributed by atoms with Crippen molar-refractivity contribution in [1.29, 1.82) is 0 Å². The maximum absolute atomic E-state index is 12.4. The molecule has 0 aromatic carbocycles. The van der Waals surface area contributed by atoms with E-state index in [1.165, 1.54) is 6.07 Å². The quantitative estimate of drug-likeness (QED) is 0.792. The predicted molar refractivity (Wildman–Crippen MR) is 75.3 cm³/mol. The van der Waals surface area contributed by atoms with E-state index < -0.39 is 18.2 Å². The standard InChI is InChI=1S/C14H17FN2O4/c1-2-3-4-5-6-9-7-10(18)21-13-11(9)12(20-8-15)16-14(19)17-13/h7H,2-6,8H2,1H3,(H,16,17,19). The summed E-state index contributed by atoms with van der Waals surface area (Å²) < 4.78 is 22.1. The number of unbranched alkanes of at least 4 members (excludes halogenated alkanes) is 3. The van der Waals surface area contributed by atoms with Crippen molar-refractivity contribution < 1.29 is 13.5 Å². The minimum atomic E-state index is -1.11. The lowest BCUT2D eigenvalue weighted by molar-refractivity contribution is 0.186. The third-order valence-corrected chi connectivity index (χ3v) is 3.17. The molecule has 0 spiro atoms. The fourth-order valence-corrected chi connectivity index (χ4v) is 2.23. The highest BCUT2D eigenvalue weighted by molar-refractivity contribution is 5.82. The number of ether oxygens (including phenoxy) is 1. The van der Waals surface area contributed by atoms with Gasteiger partial charge < -0.3 is 9.15 Å². The van der Waals surface area contributed by atoms with Crippen molar-refractivity contribution in [3.63, 3.8) is 0 Å². The molecule has 0 amide bonds. The second kappa shape index (κ2) is 7.01. The Morgan fingerprint density at radius 3 is 2.86 bits per heavy atom. The molecule has 0 radical (unpaired) electrons. The van der Waals surface area contributed by atoms with Gasteiger partial charge in [0.2, 0.25) is 18.5 Å². The number of aryl methyl sites for hydroxylation is 1. The molecule has 7 heteroatoms. The maximum atomic E-state index is 12.4. The van der Waals surface area contributed by atoms with Crippen LogP contribution in [0.1, 0.15) is 38.2 Å². The zero-order valence-electron chi connectivity index (χ0n) is 11.8. The number of hydrogen-bond acceptors (Lipinski definition) is 5. The molecule has 0 aliphatic rings. The highest BCUT2D eigenvalue weighted by Crippen LogP contribution is 2.24. The van der Waals surface area contributed by atoms with Crippen LogP contribution in [0, 0.1) is 0 Å². The number of fused-ring (bicyclic) bond motifs is 1. The summed E-state index contributed by atoms with van der Waals surface area (Å²) in [6.07, 6.45) is 4.71. The average molecular weight is 296 g/mol. The van der Waals surface area contributed by atoms with Gasteiger partial charge in [-0.25, -0.2) is 14.0 Å². The third-order valence-electron chi connectivity index (χ3n) is 3.17. The Kier molecular flexibility index (Phi) is 5.08. The van der Waals surface area contributed by atoms with Gasteiger partial charge >= 0.3 is 11.3 Å². The number of halogens is 1. The van der Waals surface area contributed by atoms with Crippen molar-refractivity contribution in [2.24, 2.45) is 0 Å². The second-order valence-electron chi connectivity index (χ2n) is 4.71. The molecule has 2 heterocycles. The molecule has 2 rings (SSSR count). The van der Waals surface area contributed by atoms with Crippen LogP contribution in [-0.4, -0.2) is 16.8 Å². The second-order valence-corrected chi connectivity index (χ2v) is 4.71. The molecule has 2 aromatic rings. The van der Waals surface area contributed by atoms with Gasteiger partial charge in [-0.3, -0.25) is 4.98 Å². The molecular formula is C14H17FN2O4. The molecule has 0 unspecified atom stereocenters. The largest absolute Gasteiger partial charge is 0.445 e. The Morgan fingerprint density at radius 1 is 1.33 bits per heavy atom. The summed E-state index contributed by atoms with van der Waals surface area (Å²) in [5.74, 6) is -0.148. The van der Waals surface area contributed by atoms with Gasteiger partial charge in [-0.2, -0.15) is 4.98 Å². The number of H-pyrrole nitrogens is 1. The summed E-state index contributed by atoms with van der Waals surface area (Å²) in [5.41, 5.74) is -0.709. The number of nitrogens with one attached hydrogen (secondary N) is 1. The molecule has 6 nitrogen and oxygen atoms in total. The number of alkyl halides is 1. The summed E-state index contributed by atoms with van der Waals surface area (Å²) in [6, 6.07) is 1.33. The zero-order valence-corrected chi connectivity index (χ0v) is 11.8. The lowest BCUT2D eigenvalue weighted by Crippen LogP contribution is -2.15. The highest BCUT2D eigenvalue weighted by atomic mass is 19.1. The van der Waals surface area contributed by atoms with E-state index in [2.05, 4.69) is 16.9 Å². The Bertz CT molecular complexity index is 718. The van der Waals surface area contributed by atoms with Crippen molar-refractivity contribution in [3.8, 4) is 5.88 Å². The fraction of sp³-hybridized carbons (Fsp3) is 0.500. The van der Waals surface area contributed by atoms with Gasteiger partial charge in [0.25, 0.3) is 0 Å². The summed E-state index contributed by atoms with van der Waals surface area (Å²) in [6.45, 7) is 0.994. The van der Waals surface area contributed by atoms with Gasteiger partial charge in [0.15, 0.2) is 0 Å². The summed E-state index contributed by atoms with van der Waals surface area (Å²) in [5, 5.41) is 0.350. The maximum Gasteiger partial charge on any atom is 0.351 e. The first-order chi connectivity index (χ1) is 10.2. The van der Waals surface area contributed by atoms with Gasteiger partial charge in [0.1, 0.15) is 5.39 Å². The highest BCUT2D eigenvalue weighted by Gasteiger charge is 2.14. The normalized spacial score (nSPS) is 11.0. The van der Waals surface area contributed by atoms with Crippen LogP contribution < -0.4 is 16.1 Å². The third kappa shape index (κ3) is 3.68. The Hall–Kier alpha value is -2.18. The molecule has 0 aliphatic heterocycles. The van der Waals surface area contributed by atoms with Crippen molar-refractivity contribution in [1.82, 2.24) is 9.97 Å². The van der Waals surface area contributed by atoms with E-state index in [0.717, 1.165) is 25.7 Å². The molecule has 0 saturated heterocycles. The average Bonchev–Trinajstić information content (AvgIpc) is 2.42. The first-order valence-corrected chi connectivity index (χ1v) is 6.91. The monoisotopic (exact) mass is 296 g/mol. The molecule has 1 N–H and O–H groups in total. The van der Waals surface area contributed by atoms with Gasteiger partial charge in [0.05, 0.1) is 0 Å². The van der Waals surface area contributed by atoms with E-state index in [-0.39, 0.29) is 11.6 Å². The van der Waals surface area contributed by atoms with Crippen LogP contribution in [0.4, 0.5) is 4.39 Å². The van der Waals surface area contributed by atoms with Crippen molar-refractivity contribution in [2.75, 3.05) is 6.86 Å². The molecule has 114 valence electrons. The van der Waals surface area contributed by atoms with E-state index >= 15 is 0 Å². The molecular weight excluding hydrogens is 279 g/mol. The molecule has 0 atom stereocenters. The predicted octanol–water partition coefficient (Wildman–Crippen LogP) is 2.30. The first kappa shape index (κ1) is 15.2. The van der Waals surface area contributed by atoms with Crippen LogP contribution in [0.2, 0.25) is 0 Å². The minimum absolute atomic E-state index is 0.0311. The topological polar surface area (TPSA) is 85.2 Å². The lowest BCUT2D eigenvalue weighted by Gasteiger charge is -2.08. The fourth-order valence-electron chi connectivity index (χ4n) is 2.23. The van der Waals surface area contributed by atoms with E-state index in [0.29, 0.717) is 17.4 Å². The Morgan fingerprint density at radius 2 is 2.14 bits per heavy atom. The SMILES string of the molecule is CCCCCCc1cc(=O)oc2[nH]c(=O)nc(OCF)c12. The summed E-state index contributed by atoms with van der Waals surface area (Å²) >= 11 is 0. The van der Waals surface area contributed by atoms with Gasteiger partial charge in [-0.05, 0) is 18.4 Å². The van der Waals surface area contributed by atoms with Crippen LogP contribution in [-0.2, 0) is 6.42 Å². The van der Waals surface area contributed by atoms with Gasteiger partial charge in [0, 0.05) is 6.07 Å². The Balaban J connectivity index is 2.47. The van der Waals surface area contributed by atoms with Crippen LogP contribution in [0.15, 0.2) is 20.1 Å². The van der Waals surface area contributed by atoms with Crippen LogP contribution in [0.25, 0.3) is 11.1 Å². The summed E-state index contributed by atoms with van der Waals surface area (Å²) in [4.78, 5) is 28.8. The number of aromatic nitrogens is 2. The van der Waals surface area contributed by atoms with Gasteiger partial charge in [-0.15, -0.1) is 0 Å². The zero-order chi connectivity index (χ0) is 15.2. The van der Waals surface area contributed by atoms with Crippen LogP contribution in [0.3, 0.4) is 0 Å². The summed E-state index contributed by atoms with van der Waals surface area (Å²) in [7, 11) is 0. The van der Waals surface area contributed by atoms with Crippen LogP contribution >= 0.6 is 0 Å². The van der Waals surface area contributed by atoms with Crippen molar-refractivity contribution >= 4 is 11.1 Å². The number of rotatable bonds is 7. The molecule has 21 heavy (non-hydrogen) atoms. The van der Waals surface area contributed by atoms with Crippen molar-refractivity contribution in [3.05, 3.63) is 32.5 Å². The Labute approximate surface area is 120 Å². The molecule has 0 aliphatic carbocycles.